The summed E-state index contributed by atoms with van der Waals surface area (Å²) in [5.74, 6) is -1.32. The molecule has 2 amide bonds. The van der Waals surface area contributed by atoms with Gasteiger partial charge in [0.1, 0.15) is 0 Å². The molecule has 4 aromatic carbocycles. The highest BCUT2D eigenvalue weighted by Gasteiger charge is 2.38. The Hall–Kier alpha value is -4.65. The molecule has 0 spiro atoms. The lowest BCUT2D eigenvalue weighted by Gasteiger charge is -2.14. The Bertz CT molecular complexity index is 1580. The summed E-state index contributed by atoms with van der Waals surface area (Å²) in [6.07, 6.45) is 1.95. The van der Waals surface area contributed by atoms with Crippen LogP contribution in [-0.4, -0.2) is 22.5 Å². The van der Waals surface area contributed by atoms with Crippen molar-refractivity contribution in [2.45, 2.75) is 12.8 Å². The third kappa shape index (κ3) is 2.80. The Morgan fingerprint density at radius 3 is 2.26 bits per heavy atom. The van der Waals surface area contributed by atoms with Crippen LogP contribution in [0.15, 0.2) is 72.8 Å². The number of non-ortho nitro benzene ring substituents is 1. The monoisotopic (exact) mass is 448 g/mol. The molecule has 0 saturated heterocycles. The van der Waals surface area contributed by atoms with Crippen LogP contribution in [0.4, 0.5) is 11.4 Å². The zero-order valence-corrected chi connectivity index (χ0v) is 17.8. The summed E-state index contributed by atoms with van der Waals surface area (Å²) >= 11 is 0. The summed E-state index contributed by atoms with van der Waals surface area (Å²) in [6.45, 7) is 0. The minimum atomic E-state index is -0.629. The molecule has 0 aromatic heterocycles. The summed E-state index contributed by atoms with van der Waals surface area (Å²) in [4.78, 5) is 50.4. The highest BCUT2D eigenvalue weighted by Crippen LogP contribution is 2.34. The van der Waals surface area contributed by atoms with E-state index < -0.39 is 16.7 Å². The van der Waals surface area contributed by atoms with Crippen molar-refractivity contribution in [3.63, 3.8) is 0 Å². The topological polar surface area (TPSA) is 97.6 Å². The van der Waals surface area contributed by atoms with E-state index in [0.717, 1.165) is 34.6 Å². The van der Waals surface area contributed by atoms with Gasteiger partial charge in [-0.15, -0.1) is 0 Å². The average molecular weight is 448 g/mol. The second-order valence-corrected chi connectivity index (χ2v) is 8.42. The molecule has 0 fully saturated rings. The molecule has 0 N–H and O–H groups in total. The van der Waals surface area contributed by atoms with Crippen LogP contribution >= 0.6 is 0 Å². The van der Waals surface area contributed by atoms with Crippen LogP contribution in [0.1, 0.15) is 47.8 Å². The van der Waals surface area contributed by atoms with Gasteiger partial charge in [-0.2, -0.15) is 0 Å². The molecule has 7 heteroatoms. The first-order valence-electron chi connectivity index (χ1n) is 10.8. The maximum Gasteiger partial charge on any atom is 0.270 e. The highest BCUT2D eigenvalue weighted by atomic mass is 16.6. The second kappa shape index (κ2) is 7.18. The van der Waals surface area contributed by atoms with Gasteiger partial charge in [0.05, 0.1) is 21.7 Å². The molecular formula is C27H16N2O5. The molecule has 1 heterocycles. The smallest absolute Gasteiger partial charge is 0.270 e. The molecule has 0 unspecified atom stereocenters. The number of fused-ring (bicyclic) bond motifs is 1. The third-order valence-corrected chi connectivity index (χ3v) is 6.59. The standard InChI is InChI=1S/C27H16N2O5/c30-25(21-12-8-16-5-4-15-2-1-3-20(21)24(15)16)17-6-9-18(10-7-17)28-26(31)22-13-11-19(29(33)34)14-23(22)27(28)32/h1-3,6-14H,4-5H2. The first-order chi connectivity index (χ1) is 16.4. The average Bonchev–Trinajstić information content (AvgIpc) is 3.39. The molecule has 0 radical (unpaired) electrons. The maximum absolute atomic E-state index is 13.3. The molecule has 1 aliphatic carbocycles. The van der Waals surface area contributed by atoms with Crippen LogP contribution in [0.2, 0.25) is 0 Å². The number of rotatable bonds is 4. The second-order valence-electron chi connectivity index (χ2n) is 8.42. The van der Waals surface area contributed by atoms with E-state index in [4.69, 9.17) is 0 Å². The SMILES string of the molecule is O=C(c1ccc(N2C(=O)c3ccc([N+](=O)[O-])cc3C2=O)cc1)c1ccc2c3c(cccc13)CC2. The summed E-state index contributed by atoms with van der Waals surface area (Å²) < 4.78 is 0. The van der Waals surface area contributed by atoms with Gasteiger partial charge < -0.3 is 0 Å². The van der Waals surface area contributed by atoms with Crippen molar-refractivity contribution in [2.24, 2.45) is 0 Å². The van der Waals surface area contributed by atoms with Gasteiger partial charge in [0, 0.05) is 23.3 Å². The minimum absolute atomic E-state index is 0.00719. The van der Waals surface area contributed by atoms with E-state index in [1.165, 1.54) is 23.3 Å². The lowest BCUT2D eigenvalue weighted by molar-refractivity contribution is -0.384. The van der Waals surface area contributed by atoms with Crippen LogP contribution in [0.3, 0.4) is 0 Å². The zero-order valence-electron chi connectivity index (χ0n) is 17.8. The number of ketones is 1. The highest BCUT2D eigenvalue weighted by molar-refractivity contribution is 6.34. The molecule has 164 valence electrons. The largest absolute Gasteiger partial charge is 0.289 e. The molecule has 0 saturated carbocycles. The van der Waals surface area contributed by atoms with Gasteiger partial charge in [0.15, 0.2) is 5.78 Å². The minimum Gasteiger partial charge on any atom is -0.289 e. The first kappa shape index (κ1) is 20.0. The molecule has 6 rings (SSSR count). The number of nitrogens with zero attached hydrogens (tertiary/aromatic N) is 2. The fourth-order valence-corrected chi connectivity index (χ4v) is 4.94. The van der Waals surface area contributed by atoms with Crippen molar-refractivity contribution in [2.75, 3.05) is 4.90 Å². The number of hydrogen-bond donors (Lipinski definition) is 0. The number of imide groups is 1. The molecule has 0 bridgehead atoms. The van der Waals surface area contributed by atoms with E-state index in [2.05, 4.69) is 6.07 Å². The van der Waals surface area contributed by atoms with E-state index in [1.54, 1.807) is 24.3 Å². The first-order valence-corrected chi connectivity index (χ1v) is 10.8. The number of anilines is 1. The molecule has 2 aliphatic rings. The number of carbonyl (C=O) groups excluding carboxylic acids is 3. The summed E-state index contributed by atoms with van der Waals surface area (Å²) in [5.41, 5.74) is 3.71. The fraction of sp³-hybridized carbons (Fsp3) is 0.0741. The van der Waals surface area contributed by atoms with Gasteiger partial charge in [-0.1, -0.05) is 30.3 Å². The Morgan fingerprint density at radius 1 is 0.824 bits per heavy atom. The summed E-state index contributed by atoms with van der Waals surface area (Å²) in [7, 11) is 0. The van der Waals surface area contributed by atoms with Crippen molar-refractivity contribution >= 4 is 39.7 Å². The lowest BCUT2D eigenvalue weighted by Crippen LogP contribution is -2.29. The molecule has 0 atom stereocenters. The van der Waals surface area contributed by atoms with Gasteiger partial charge >= 0.3 is 0 Å². The van der Waals surface area contributed by atoms with Crippen molar-refractivity contribution in [3.8, 4) is 0 Å². The normalized spacial score (nSPS) is 14.1. The van der Waals surface area contributed by atoms with Crippen LogP contribution in [0.5, 0.6) is 0 Å². The summed E-state index contributed by atoms with van der Waals surface area (Å²) in [5, 5.41) is 13.1. The van der Waals surface area contributed by atoms with Gasteiger partial charge in [-0.25, -0.2) is 4.90 Å². The molecule has 34 heavy (non-hydrogen) atoms. The number of benzene rings is 4. The van der Waals surface area contributed by atoms with E-state index >= 15 is 0 Å². The van der Waals surface area contributed by atoms with Crippen molar-refractivity contribution in [3.05, 3.63) is 116 Å². The lowest BCUT2D eigenvalue weighted by atomic mass is 9.94. The predicted molar refractivity (Wildman–Crippen MR) is 125 cm³/mol. The quantitative estimate of drug-likeness (QED) is 0.192. The zero-order chi connectivity index (χ0) is 23.6. The van der Waals surface area contributed by atoms with E-state index in [9.17, 15) is 24.5 Å². The van der Waals surface area contributed by atoms with Gasteiger partial charge in [-0.3, -0.25) is 24.5 Å². The van der Waals surface area contributed by atoms with E-state index in [0.29, 0.717) is 16.8 Å². The van der Waals surface area contributed by atoms with Gasteiger partial charge in [0.2, 0.25) is 0 Å². The Labute approximate surface area is 193 Å². The van der Waals surface area contributed by atoms with Crippen molar-refractivity contribution in [1.29, 1.82) is 0 Å². The van der Waals surface area contributed by atoms with Crippen LogP contribution < -0.4 is 4.90 Å². The Balaban J connectivity index is 1.34. The van der Waals surface area contributed by atoms with E-state index in [-0.39, 0.29) is 22.6 Å². The number of carbonyl (C=O) groups is 3. The predicted octanol–water partition coefficient (Wildman–Crippen LogP) is 4.88. The van der Waals surface area contributed by atoms with Crippen LogP contribution in [0, 0.1) is 10.1 Å². The van der Waals surface area contributed by atoms with E-state index in [1.807, 2.05) is 24.3 Å². The maximum atomic E-state index is 13.3. The van der Waals surface area contributed by atoms with Gasteiger partial charge in [0.25, 0.3) is 17.5 Å². The fourth-order valence-electron chi connectivity index (χ4n) is 4.94. The third-order valence-electron chi connectivity index (χ3n) is 6.59. The Morgan fingerprint density at radius 2 is 1.53 bits per heavy atom. The molecule has 7 nitrogen and oxygen atoms in total. The molecular weight excluding hydrogens is 432 g/mol. The molecule has 1 aliphatic heterocycles. The van der Waals surface area contributed by atoms with Gasteiger partial charge in [-0.05, 0) is 65.1 Å². The molecule has 4 aromatic rings. The Kier molecular flexibility index (Phi) is 4.22. The number of amides is 2. The summed E-state index contributed by atoms with van der Waals surface area (Å²) in [6, 6.07) is 19.8. The number of nitro groups is 1. The van der Waals surface area contributed by atoms with Crippen LogP contribution in [-0.2, 0) is 12.8 Å². The number of nitro benzene ring substituents is 1. The van der Waals surface area contributed by atoms with Crippen LogP contribution in [0.25, 0.3) is 10.8 Å². The van der Waals surface area contributed by atoms with Crippen molar-refractivity contribution < 1.29 is 19.3 Å². The number of aryl methyl sites for hydroxylation is 2. The van der Waals surface area contributed by atoms with Crippen molar-refractivity contribution in [1.82, 2.24) is 0 Å². The number of hydrogen-bond acceptors (Lipinski definition) is 5.